The lowest BCUT2D eigenvalue weighted by molar-refractivity contribution is 0.102. The van der Waals surface area contributed by atoms with Gasteiger partial charge in [-0.15, -0.1) is 0 Å². The minimum absolute atomic E-state index is 0.000889. The van der Waals surface area contributed by atoms with Gasteiger partial charge in [-0.1, -0.05) is 57.2 Å². The summed E-state index contributed by atoms with van der Waals surface area (Å²) in [4.78, 5) is 20.8. The zero-order valence-corrected chi connectivity index (χ0v) is 15.2. The highest BCUT2D eigenvalue weighted by Gasteiger charge is 2.18. The Morgan fingerprint density at radius 3 is 2.15 bits per heavy atom. The molecule has 1 aromatic heterocycles. The van der Waals surface area contributed by atoms with E-state index >= 15 is 0 Å². The average molecular weight is 346 g/mol. The number of carbonyl (C=O) groups is 1. The molecule has 0 saturated heterocycles. The smallest absolute Gasteiger partial charge is 0.258 e. The maximum atomic E-state index is 12.3. The molecule has 2 aromatic carbocycles. The molecule has 0 spiro atoms. The summed E-state index contributed by atoms with van der Waals surface area (Å²) in [6, 6.07) is 17.4. The van der Waals surface area contributed by atoms with Gasteiger partial charge in [0.2, 0.25) is 5.95 Å². The van der Waals surface area contributed by atoms with Gasteiger partial charge in [-0.2, -0.15) is 0 Å². The van der Waals surface area contributed by atoms with Crippen molar-refractivity contribution in [3.8, 4) is 0 Å². The number of carbonyl (C=O) groups excluding carboxylic acids is 1. The summed E-state index contributed by atoms with van der Waals surface area (Å²) in [6.07, 6.45) is 3.04. The van der Waals surface area contributed by atoms with Crippen LogP contribution in [0.3, 0.4) is 0 Å². The number of amides is 1. The Balaban J connectivity index is 1.74. The van der Waals surface area contributed by atoms with Crippen LogP contribution in [0.15, 0.2) is 67.0 Å². The Kier molecular flexibility index (Phi) is 4.98. The number of hydrogen-bond donors (Lipinski definition) is 2. The van der Waals surface area contributed by atoms with Crippen LogP contribution in [0.5, 0.6) is 0 Å². The minimum Gasteiger partial charge on any atom is -0.324 e. The Hall–Kier alpha value is -3.21. The zero-order chi connectivity index (χ0) is 18.6. The van der Waals surface area contributed by atoms with Crippen LogP contribution in [0.2, 0.25) is 0 Å². The van der Waals surface area contributed by atoms with Gasteiger partial charge < -0.3 is 10.6 Å². The van der Waals surface area contributed by atoms with Gasteiger partial charge in [-0.25, -0.2) is 9.97 Å². The predicted molar refractivity (Wildman–Crippen MR) is 105 cm³/mol. The third-order valence-electron chi connectivity index (χ3n) is 3.93. The lowest BCUT2D eigenvalue weighted by atomic mass is 9.86. The number of rotatable bonds is 4. The molecule has 0 fully saturated rings. The third-order valence-corrected chi connectivity index (χ3v) is 3.93. The molecule has 5 nitrogen and oxygen atoms in total. The monoisotopic (exact) mass is 346 g/mol. The molecule has 0 bridgehead atoms. The van der Waals surface area contributed by atoms with Crippen LogP contribution in [0.25, 0.3) is 0 Å². The van der Waals surface area contributed by atoms with Gasteiger partial charge in [0.15, 0.2) is 0 Å². The van der Waals surface area contributed by atoms with Crippen LogP contribution >= 0.6 is 0 Å². The number of anilines is 3. The van der Waals surface area contributed by atoms with Crippen molar-refractivity contribution in [2.24, 2.45) is 0 Å². The molecule has 0 saturated carbocycles. The molecule has 0 aliphatic carbocycles. The third kappa shape index (κ3) is 4.25. The van der Waals surface area contributed by atoms with Crippen molar-refractivity contribution in [1.82, 2.24) is 9.97 Å². The second-order valence-electron chi connectivity index (χ2n) is 7.04. The molecule has 0 aliphatic heterocycles. The second-order valence-corrected chi connectivity index (χ2v) is 7.04. The van der Waals surface area contributed by atoms with Gasteiger partial charge >= 0.3 is 0 Å². The van der Waals surface area contributed by atoms with E-state index in [1.54, 1.807) is 0 Å². The van der Waals surface area contributed by atoms with Gasteiger partial charge in [0, 0.05) is 23.8 Å². The molecule has 26 heavy (non-hydrogen) atoms. The molecule has 0 unspecified atom stereocenters. The number of nitrogens with one attached hydrogen (secondary N) is 2. The maximum absolute atomic E-state index is 12.3. The molecular formula is C21H22N4O. The first-order valence-corrected chi connectivity index (χ1v) is 8.48. The lowest BCUT2D eigenvalue weighted by Crippen LogP contribution is -2.15. The van der Waals surface area contributed by atoms with E-state index in [1.165, 1.54) is 18.0 Å². The molecule has 0 aliphatic rings. The molecule has 132 valence electrons. The van der Waals surface area contributed by atoms with E-state index < -0.39 is 0 Å². The topological polar surface area (TPSA) is 66.9 Å². The van der Waals surface area contributed by atoms with Crippen LogP contribution in [0.4, 0.5) is 17.3 Å². The largest absolute Gasteiger partial charge is 0.324 e. The number of nitrogens with zero attached hydrogens (tertiary/aromatic N) is 2. The summed E-state index contributed by atoms with van der Waals surface area (Å²) in [6.45, 7) is 6.47. The molecule has 3 rings (SSSR count). The fourth-order valence-corrected chi connectivity index (χ4v) is 2.60. The second kappa shape index (κ2) is 7.35. The van der Waals surface area contributed by atoms with Crippen LogP contribution in [0.1, 0.15) is 36.7 Å². The van der Waals surface area contributed by atoms with E-state index in [9.17, 15) is 4.79 Å². The average Bonchev–Trinajstić information content (AvgIpc) is 2.63. The Morgan fingerprint density at radius 2 is 1.50 bits per heavy atom. The van der Waals surface area contributed by atoms with Gasteiger partial charge in [0.05, 0.1) is 5.56 Å². The summed E-state index contributed by atoms with van der Waals surface area (Å²) >= 11 is 0. The summed E-state index contributed by atoms with van der Waals surface area (Å²) in [5, 5.41) is 6.06. The maximum Gasteiger partial charge on any atom is 0.258 e. The van der Waals surface area contributed by atoms with Crippen molar-refractivity contribution in [2.75, 3.05) is 10.6 Å². The van der Waals surface area contributed by atoms with E-state index in [1.807, 2.05) is 48.5 Å². The van der Waals surface area contributed by atoms with Crippen molar-refractivity contribution in [2.45, 2.75) is 26.2 Å². The molecule has 0 radical (unpaired) electrons. The van der Waals surface area contributed by atoms with E-state index in [4.69, 9.17) is 0 Å². The fraction of sp³-hybridized carbons (Fsp3) is 0.190. The van der Waals surface area contributed by atoms with E-state index in [0.29, 0.717) is 11.5 Å². The first kappa shape index (κ1) is 17.6. The molecule has 1 amide bonds. The van der Waals surface area contributed by atoms with Crippen molar-refractivity contribution >= 4 is 23.2 Å². The van der Waals surface area contributed by atoms with Crippen LogP contribution in [0, 0.1) is 0 Å². The summed E-state index contributed by atoms with van der Waals surface area (Å²) in [5.41, 5.74) is 3.28. The van der Waals surface area contributed by atoms with E-state index in [-0.39, 0.29) is 11.3 Å². The highest BCUT2D eigenvalue weighted by molar-refractivity contribution is 6.03. The van der Waals surface area contributed by atoms with Crippen LogP contribution in [-0.2, 0) is 5.41 Å². The lowest BCUT2D eigenvalue weighted by Gasteiger charge is -2.22. The van der Waals surface area contributed by atoms with Crippen LogP contribution in [-0.4, -0.2) is 15.9 Å². The Morgan fingerprint density at radius 1 is 0.885 bits per heavy atom. The molecule has 0 atom stereocenters. The van der Waals surface area contributed by atoms with Crippen molar-refractivity contribution in [3.63, 3.8) is 0 Å². The first-order chi connectivity index (χ1) is 12.4. The molecule has 5 heteroatoms. The molecule has 1 heterocycles. The standard InChI is InChI=1S/C21H22N4O/c1-21(2,3)17-11-7-8-12-18(17)25-20-22-13-15(14-23-20)19(26)24-16-9-5-4-6-10-16/h4-14H,1-3H3,(H,24,26)(H,22,23,25). The number of hydrogen-bond acceptors (Lipinski definition) is 4. The van der Waals surface area contributed by atoms with Gasteiger partial charge in [0.1, 0.15) is 0 Å². The summed E-state index contributed by atoms with van der Waals surface area (Å²) < 4.78 is 0. The van der Waals surface area contributed by atoms with E-state index in [2.05, 4.69) is 47.4 Å². The van der Waals surface area contributed by atoms with Crippen LogP contribution < -0.4 is 10.6 Å². The minimum atomic E-state index is -0.238. The predicted octanol–water partition coefficient (Wildman–Crippen LogP) is 4.77. The quantitative estimate of drug-likeness (QED) is 0.714. The molecule has 2 N–H and O–H groups in total. The summed E-state index contributed by atoms with van der Waals surface area (Å²) in [5.74, 6) is 0.218. The van der Waals surface area contributed by atoms with E-state index in [0.717, 1.165) is 11.4 Å². The van der Waals surface area contributed by atoms with Gasteiger partial charge in [0.25, 0.3) is 5.91 Å². The number of para-hydroxylation sites is 2. The fourth-order valence-electron chi connectivity index (χ4n) is 2.60. The summed E-state index contributed by atoms with van der Waals surface area (Å²) in [7, 11) is 0. The highest BCUT2D eigenvalue weighted by Crippen LogP contribution is 2.30. The highest BCUT2D eigenvalue weighted by atomic mass is 16.1. The van der Waals surface area contributed by atoms with Crippen molar-refractivity contribution < 1.29 is 4.79 Å². The SMILES string of the molecule is CC(C)(C)c1ccccc1Nc1ncc(C(=O)Nc2ccccc2)cn1. The normalized spacial score (nSPS) is 11.0. The molecular weight excluding hydrogens is 324 g/mol. The Bertz CT molecular complexity index is 884. The van der Waals surface area contributed by atoms with Crippen molar-refractivity contribution in [1.29, 1.82) is 0 Å². The first-order valence-electron chi connectivity index (χ1n) is 8.48. The zero-order valence-electron chi connectivity index (χ0n) is 15.2. The van der Waals surface area contributed by atoms with Gasteiger partial charge in [-0.3, -0.25) is 4.79 Å². The van der Waals surface area contributed by atoms with Crippen molar-refractivity contribution in [3.05, 3.63) is 78.1 Å². The molecule has 3 aromatic rings. The number of aromatic nitrogens is 2. The Labute approximate surface area is 153 Å². The number of benzene rings is 2. The van der Waals surface area contributed by atoms with Gasteiger partial charge in [-0.05, 0) is 29.2 Å².